The molecule has 0 atom stereocenters. The maximum atomic E-state index is 13.2. The van der Waals surface area contributed by atoms with Crippen LogP contribution in [-0.2, 0) is 22.7 Å². The smallest absolute Gasteiger partial charge is 0.326 e. The Morgan fingerprint density at radius 1 is 0.812 bits per heavy atom. The lowest BCUT2D eigenvalue weighted by atomic mass is 10.1. The molecule has 1 heterocycles. The Kier molecular flexibility index (Phi) is 5.86. The fraction of sp³-hybridized carbons (Fsp3) is 0.231. The number of carbonyl (C=O) groups is 1. The van der Waals surface area contributed by atoms with Gasteiger partial charge in [0.15, 0.2) is 5.43 Å². The summed E-state index contributed by atoms with van der Waals surface area (Å²) in [5.74, 6) is -0.356. The van der Waals surface area contributed by atoms with Crippen LogP contribution in [0.4, 0.5) is 11.4 Å². The van der Waals surface area contributed by atoms with Crippen molar-refractivity contribution < 1.29 is 9.53 Å². The summed E-state index contributed by atoms with van der Waals surface area (Å²) in [5, 5.41) is 1.16. The van der Waals surface area contributed by atoms with Crippen molar-refractivity contribution in [2.75, 3.05) is 38.0 Å². The number of nitrogens with zero attached hydrogens (tertiary/aromatic N) is 3. The van der Waals surface area contributed by atoms with E-state index in [4.69, 9.17) is 4.74 Å². The lowest BCUT2D eigenvalue weighted by Gasteiger charge is -2.20. The zero-order valence-corrected chi connectivity index (χ0v) is 18.8. The molecule has 4 rings (SSSR count). The van der Waals surface area contributed by atoms with E-state index in [2.05, 4.69) is 0 Å². The number of esters is 1. The molecule has 0 aliphatic rings. The van der Waals surface area contributed by atoms with E-state index < -0.39 is 0 Å². The quantitative estimate of drug-likeness (QED) is 0.342. The Bertz CT molecular complexity index is 1270. The summed E-state index contributed by atoms with van der Waals surface area (Å²) in [6.07, 6.45) is 0. The van der Waals surface area contributed by atoms with E-state index in [1.807, 2.05) is 109 Å². The van der Waals surface area contributed by atoms with Crippen LogP contribution in [0.5, 0.6) is 0 Å². The van der Waals surface area contributed by atoms with Gasteiger partial charge in [-0.1, -0.05) is 30.3 Å². The van der Waals surface area contributed by atoms with Crippen molar-refractivity contribution in [2.24, 2.45) is 0 Å². The van der Waals surface area contributed by atoms with Gasteiger partial charge < -0.3 is 19.1 Å². The Hall–Kier alpha value is -3.80. The van der Waals surface area contributed by atoms with Crippen molar-refractivity contribution >= 4 is 39.1 Å². The third-order valence-electron chi connectivity index (χ3n) is 5.60. The number of hydrogen-bond acceptors (Lipinski definition) is 5. The monoisotopic (exact) mass is 429 g/mol. The van der Waals surface area contributed by atoms with Crippen molar-refractivity contribution in [1.29, 1.82) is 0 Å². The first-order valence-corrected chi connectivity index (χ1v) is 10.5. The summed E-state index contributed by atoms with van der Waals surface area (Å²) in [4.78, 5) is 30.0. The van der Waals surface area contributed by atoms with Crippen LogP contribution in [0, 0.1) is 0 Å². The van der Waals surface area contributed by atoms with Crippen molar-refractivity contribution in [3.63, 3.8) is 0 Å². The summed E-state index contributed by atoms with van der Waals surface area (Å²) in [7, 11) is 7.79. The Labute approximate surface area is 187 Å². The first-order valence-electron chi connectivity index (χ1n) is 10.5. The number of benzene rings is 3. The molecule has 0 aliphatic heterocycles. The van der Waals surface area contributed by atoms with Gasteiger partial charge in [0, 0.05) is 50.3 Å². The molecule has 0 N–H and O–H groups in total. The minimum atomic E-state index is -0.356. The summed E-state index contributed by atoms with van der Waals surface area (Å²) in [6.45, 7) is 0.218. The molecule has 0 saturated carbocycles. The molecular weight excluding hydrogens is 402 g/mol. The number of pyridine rings is 1. The highest BCUT2D eigenvalue weighted by Gasteiger charge is 2.16. The van der Waals surface area contributed by atoms with Crippen LogP contribution in [0.2, 0.25) is 0 Å². The van der Waals surface area contributed by atoms with E-state index in [0.29, 0.717) is 21.8 Å². The SMILES string of the molecule is CN(C)c1ccc2c(=O)c3ccc(N(C)C)cc3n(CC(=O)OCc3ccccc3)c2c1. The van der Waals surface area contributed by atoms with Crippen LogP contribution in [-0.4, -0.2) is 38.7 Å². The average molecular weight is 430 g/mol. The second-order valence-electron chi connectivity index (χ2n) is 8.25. The highest BCUT2D eigenvalue weighted by molar-refractivity contribution is 5.97. The van der Waals surface area contributed by atoms with Gasteiger partial charge >= 0.3 is 5.97 Å². The highest BCUT2D eigenvalue weighted by atomic mass is 16.5. The zero-order chi connectivity index (χ0) is 22.8. The maximum Gasteiger partial charge on any atom is 0.326 e. The molecule has 0 saturated heterocycles. The van der Waals surface area contributed by atoms with Gasteiger partial charge in [-0.05, 0) is 42.0 Å². The van der Waals surface area contributed by atoms with E-state index in [1.54, 1.807) is 0 Å². The molecule has 0 amide bonds. The van der Waals surface area contributed by atoms with Crippen LogP contribution < -0.4 is 15.2 Å². The Morgan fingerprint density at radius 3 is 1.84 bits per heavy atom. The lowest BCUT2D eigenvalue weighted by Crippen LogP contribution is -2.19. The second-order valence-corrected chi connectivity index (χ2v) is 8.25. The van der Waals surface area contributed by atoms with Crippen molar-refractivity contribution in [2.45, 2.75) is 13.2 Å². The molecule has 4 aromatic rings. The normalized spacial score (nSPS) is 11.0. The van der Waals surface area contributed by atoms with Crippen LogP contribution in [0.3, 0.4) is 0 Å². The molecule has 32 heavy (non-hydrogen) atoms. The summed E-state index contributed by atoms with van der Waals surface area (Å²) in [5.41, 5.74) is 4.21. The minimum absolute atomic E-state index is 0.00781. The molecule has 6 heteroatoms. The van der Waals surface area contributed by atoms with Gasteiger partial charge in [-0.2, -0.15) is 0 Å². The van der Waals surface area contributed by atoms with Gasteiger partial charge in [0.1, 0.15) is 13.2 Å². The maximum absolute atomic E-state index is 13.2. The minimum Gasteiger partial charge on any atom is -0.459 e. The summed E-state index contributed by atoms with van der Waals surface area (Å²) < 4.78 is 7.45. The standard InChI is InChI=1S/C26H27N3O3/c1-27(2)19-10-12-21-23(14-19)29(16-25(30)32-17-18-8-6-5-7-9-18)24-15-20(28(3)4)11-13-22(24)26(21)31/h5-15H,16-17H2,1-4H3. The van der Waals surface area contributed by atoms with Gasteiger partial charge in [-0.25, -0.2) is 0 Å². The Balaban J connectivity index is 1.84. The summed E-state index contributed by atoms with van der Waals surface area (Å²) in [6, 6.07) is 21.0. The fourth-order valence-corrected chi connectivity index (χ4v) is 3.79. The first-order chi connectivity index (χ1) is 15.3. The van der Waals surface area contributed by atoms with Gasteiger partial charge in [-0.3, -0.25) is 9.59 Å². The number of hydrogen-bond donors (Lipinski definition) is 0. The number of anilines is 2. The van der Waals surface area contributed by atoms with Gasteiger partial charge in [0.05, 0.1) is 11.0 Å². The predicted octanol–water partition coefficient (Wildman–Crippen LogP) is 4.03. The molecular formula is C26H27N3O3. The second kappa shape index (κ2) is 8.75. The molecule has 0 spiro atoms. The predicted molar refractivity (Wildman–Crippen MR) is 131 cm³/mol. The lowest BCUT2D eigenvalue weighted by molar-refractivity contribution is -0.145. The van der Waals surface area contributed by atoms with Crippen molar-refractivity contribution in [3.05, 3.63) is 82.5 Å². The number of carbonyl (C=O) groups excluding carboxylic acids is 1. The van der Waals surface area contributed by atoms with Gasteiger partial charge in [0.25, 0.3) is 0 Å². The summed E-state index contributed by atoms with van der Waals surface area (Å²) >= 11 is 0. The van der Waals surface area contributed by atoms with E-state index in [0.717, 1.165) is 16.9 Å². The van der Waals surface area contributed by atoms with Gasteiger partial charge in [-0.15, -0.1) is 0 Å². The number of aromatic nitrogens is 1. The first kappa shape index (κ1) is 21.4. The molecule has 0 aliphatic carbocycles. The molecule has 0 bridgehead atoms. The third-order valence-corrected chi connectivity index (χ3v) is 5.60. The van der Waals surface area contributed by atoms with E-state index in [1.165, 1.54) is 0 Å². The van der Waals surface area contributed by atoms with Crippen molar-refractivity contribution in [1.82, 2.24) is 4.57 Å². The topological polar surface area (TPSA) is 54.8 Å². The molecule has 164 valence electrons. The van der Waals surface area contributed by atoms with E-state index in [9.17, 15) is 9.59 Å². The third kappa shape index (κ3) is 4.17. The molecule has 0 unspecified atom stereocenters. The van der Waals surface area contributed by atoms with Crippen molar-refractivity contribution in [3.8, 4) is 0 Å². The van der Waals surface area contributed by atoms with Crippen LogP contribution in [0.1, 0.15) is 5.56 Å². The van der Waals surface area contributed by atoms with Crippen LogP contribution in [0.15, 0.2) is 71.5 Å². The molecule has 0 fully saturated rings. The Morgan fingerprint density at radius 2 is 1.34 bits per heavy atom. The van der Waals surface area contributed by atoms with Crippen LogP contribution >= 0.6 is 0 Å². The molecule has 1 aromatic heterocycles. The molecule has 3 aromatic carbocycles. The van der Waals surface area contributed by atoms with E-state index >= 15 is 0 Å². The average Bonchev–Trinajstić information content (AvgIpc) is 2.80. The van der Waals surface area contributed by atoms with E-state index in [-0.39, 0.29) is 24.5 Å². The van der Waals surface area contributed by atoms with Gasteiger partial charge in [0.2, 0.25) is 0 Å². The molecule has 6 nitrogen and oxygen atoms in total. The number of rotatable bonds is 6. The number of ether oxygens (including phenoxy) is 1. The zero-order valence-electron chi connectivity index (χ0n) is 18.8. The largest absolute Gasteiger partial charge is 0.459 e. The number of fused-ring (bicyclic) bond motifs is 2. The molecule has 0 radical (unpaired) electrons. The van der Waals surface area contributed by atoms with Crippen LogP contribution in [0.25, 0.3) is 21.8 Å². The fourth-order valence-electron chi connectivity index (χ4n) is 3.79. The highest BCUT2D eigenvalue weighted by Crippen LogP contribution is 2.26.